The molecule has 0 saturated heterocycles. The minimum absolute atomic E-state index is 0.297. The Morgan fingerprint density at radius 3 is 2.72 bits per heavy atom. The van der Waals surface area contributed by atoms with Crippen LogP contribution in [0, 0.1) is 5.41 Å². The van der Waals surface area contributed by atoms with Gasteiger partial charge < -0.3 is 10.2 Å². The van der Waals surface area contributed by atoms with Gasteiger partial charge in [0.2, 0.25) is 0 Å². The van der Waals surface area contributed by atoms with Crippen molar-refractivity contribution < 1.29 is 0 Å². The minimum Gasteiger partial charge on any atom is -0.373 e. The lowest BCUT2D eigenvalue weighted by molar-refractivity contribution is 0.418. The molecule has 100 valence electrons. The lowest BCUT2D eigenvalue weighted by Gasteiger charge is -2.29. The first-order valence-electron chi connectivity index (χ1n) is 6.83. The van der Waals surface area contributed by atoms with Gasteiger partial charge in [0, 0.05) is 32.4 Å². The smallest absolute Gasteiger partial charge is 0.0595 e. The van der Waals surface area contributed by atoms with E-state index >= 15 is 0 Å². The highest BCUT2D eigenvalue weighted by Crippen LogP contribution is 2.24. The Balaban J connectivity index is 2.05. The summed E-state index contributed by atoms with van der Waals surface area (Å²) in [6, 6.07) is 2.88. The quantitative estimate of drug-likeness (QED) is 0.867. The zero-order valence-electron chi connectivity index (χ0n) is 12.0. The third-order valence-corrected chi connectivity index (χ3v) is 3.17. The van der Waals surface area contributed by atoms with Crippen LogP contribution in [0.2, 0.25) is 0 Å². The van der Waals surface area contributed by atoms with Gasteiger partial charge in [-0.2, -0.15) is 0 Å². The fourth-order valence-corrected chi connectivity index (χ4v) is 2.25. The van der Waals surface area contributed by atoms with Crippen molar-refractivity contribution in [3.8, 4) is 0 Å². The molecule has 0 unspecified atom stereocenters. The minimum atomic E-state index is 0.297. The third kappa shape index (κ3) is 3.98. The summed E-state index contributed by atoms with van der Waals surface area (Å²) in [5.74, 6) is 0. The van der Waals surface area contributed by atoms with E-state index in [0.29, 0.717) is 5.41 Å². The summed E-state index contributed by atoms with van der Waals surface area (Å²) in [5, 5.41) is 3.58. The molecule has 3 heteroatoms. The van der Waals surface area contributed by atoms with Crippen molar-refractivity contribution in [2.45, 2.75) is 46.2 Å². The first kappa shape index (κ1) is 13.3. The van der Waals surface area contributed by atoms with E-state index in [-0.39, 0.29) is 0 Å². The van der Waals surface area contributed by atoms with E-state index in [9.17, 15) is 0 Å². The first-order chi connectivity index (χ1) is 8.46. The van der Waals surface area contributed by atoms with E-state index in [1.54, 1.807) is 0 Å². The largest absolute Gasteiger partial charge is 0.373 e. The average Bonchev–Trinajstić information content (AvgIpc) is 3.08. The standard InChI is InChI=1S/C15H25N3/c1-15(2,3)11-18(4)14-10-16-8-7-12(14)9-17-13-5-6-13/h7-8,10,13,17H,5-6,9,11H2,1-4H3. The Morgan fingerprint density at radius 1 is 1.39 bits per heavy atom. The molecule has 1 N–H and O–H groups in total. The Morgan fingerprint density at radius 2 is 2.11 bits per heavy atom. The van der Waals surface area contributed by atoms with Gasteiger partial charge in [0.25, 0.3) is 0 Å². The van der Waals surface area contributed by atoms with Crippen LogP contribution in [0.5, 0.6) is 0 Å². The Hall–Kier alpha value is -1.09. The molecule has 1 heterocycles. The molecule has 0 amide bonds. The Kier molecular flexibility index (Phi) is 3.91. The maximum atomic E-state index is 4.27. The van der Waals surface area contributed by atoms with Crippen molar-refractivity contribution in [2.24, 2.45) is 5.41 Å². The van der Waals surface area contributed by atoms with Crippen molar-refractivity contribution >= 4 is 5.69 Å². The fourth-order valence-electron chi connectivity index (χ4n) is 2.25. The molecule has 1 fully saturated rings. The van der Waals surface area contributed by atoms with Gasteiger partial charge >= 0.3 is 0 Å². The molecule has 1 aromatic rings. The predicted molar refractivity (Wildman–Crippen MR) is 76.8 cm³/mol. The zero-order valence-corrected chi connectivity index (χ0v) is 12.0. The monoisotopic (exact) mass is 247 g/mol. The second kappa shape index (κ2) is 5.27. The Labute approximate surface area is 111 Å². The van der Waals surface area contributed by atoms with Gasteiger partial charge in [-0.25, -0.2) is 0 Å². The molecule has 2 rings (SSSR count). The molecule has 1 saturated carbocycles. The van der Waals surface area contributed by atoms with Crippen LogP contribution in [-0.4, -0.2) is 24.6 Å². The number of nitrogens with zero attached hydrogens (tertiary/aromatic N) is 2. The van der Waals surface area contributed by atoms with Crippen LogP contribution in [-0.2, 0) is 6.54 Å². The zero-order chi connectivity index (χ0) is 13.2. The molecule has 1 aromatic heterocycles. The molecule has 1 aliphatic rings. The maximum absolute atomic E-state index is 4.27. The van der Waals surface area contributed by atoms with E-state index in [0.717, 1.165) is 19.1 Å². The molecular weight excluding hydrogens is 222 g/mol. The highest BCUT2D eigenvalue weighted by Gasteiger charge is 2.21. The molecule has 1 aliphatic carbocycles. The van der Waals surface area contributed by atoms with E-state index < -0.39 is 0 Å². The number of pyridine rings is 1. The topological polar surface area (TPSA) is 28.2 Å². The van der Waals surface area contributed by atoms with Gasteiger partial charge in [-0.1, -0.05) is 20.8 Å². The third-order valence-electron chi connectivity index (χ3n) is 3.17. The van der Waals surface area contributed by atoms with Crippen LogP contribution >= 0.6 is 0 Å². The van der Waals surface area contributed by atoms with Gasteiger partial charge in [0.15, 0.2) is 0 Å². The van der Waals surface area contributed by atoms with Crippen molar-refractivity contribution in [3.63, 3.8) is 0 Å². The van der Waals surface area contributed by atoms with Gasteiger partial charge in [0.05, 0.1) is 11.9 Å². The van der Waals surface area contributed by atoms with Crippen LogP contribution < -0.4 is 10.2 Å². The summed E-state index contributed by atoms with van der Waals surface area (Å²) < 4.78 is 0. The summed E-state index contributed by atoms with van der Waals surface area (Å²) in [7, 11) is 2.16. The number of nitrogens with one attached hydrogen (secondary N) is 1. The number of rotatable bonds is 5. The number of aromatic nitrogens is 1. The van der Waals surface area contributed by atoms with Gasteiger partial charge in [-0.15, -0.1) is 0 Å². The van der Waals surface area contributed by atoms with Crippen molar-refractivity contribution in [1.82, 2.24) is 10.3 Å². The molecule has 0 radical (unpaired) electrons. The van der Waals surface area contributed by atoms with Crippen molar-refractivity contribution in [3.05, 3.63) is 24.0 Å². The van der Waals surface area contributed by atoms with Crippen LogP contribution in [0.3, 0.4) is 0 Å². The van der Waals surface area contributed by atoms with Gasteiger partial charge in [-0.3, -0.25) is 4.98 Å². The number of hydrogen-bond acceptors (Lipinski definition) is 3. The summed E-state index contributed by atoms with van der Waals surface area (Å²) in [4.78, 5) is 6.59. The van der Waals surface area contributed by atoms with Crippen LogP contribution in [0.15, 0.2) is 18.5 Å². The van der Waals surface area contributed by atoms with Crippen LogP contribution in [0.1, 0.15) is 39.2 Å². The predicted octanol–water partition coefficient (Wildman–Crippen LogP) is 2.82. The molecule has 18 heavy (non-hydrogen) atoms. The molecule has 0 bridgehead atoms. The van der Waals surface area contributed by atoms with Crippen LogP contribution in [0.4, 0.5) is 5.69 Å². The highest BCUT2D eigenvalue weighted by atomic mass is 15.1. The van der Waals surface area contributed by atoms with E-state index in [1.165, 1.54) is 24.1 Å². The number of anilines is 1. The fraction of sp³-hybridized carbons (Fsp3) is 0.667. The average molecular weight is 247 g/mol. The van der Waals surface area contributed by atoms with E-state index in [2.05, 4.69) is 49.1 Å². The summed E-state index contributed by atoms with van der Waals surface area (Å²) in [6.07, 6.45) is 6.53. The molecular formula is C15H25N3. The normalized spacial score (nSPS) is 15.8. The van der Waals surface area contributed by atoms with Gasteiger partial charge in [-0.05, 0) is 29.9 Å². The van der Waals surface area contributed by atoms with E-state index in [1.807, 2.05) is 12.4 Å². The molecule has 0 aromatic carbocycles. The highest BCUT2D eigenvalue weighted by molar-refractivity contribution is 5.51. The van der Waals surface area contributed by atoms with Crippen molar-refractivity contribution in [2.75, 3.05) is 18.5 Å². The molecule has 3 nitrogen and oxygen atoms in total. The lowest BCUT2D eigenvalue weighted by atomic mass is 9.96. The lowest BCUT2D eigenvalue weighted by Crippen LogP contribution is -2.30. The molecule has 0 spiro atoms. The summed E-state index contributed by atoms with van der Waals surface area (Å²) in [6.45, 7) is 8.79. The second-order valence-corrected chi connectivity index (χ2v) is 6.58. The maximum Gasteiger partial charge on any atom is 0.0595 e. The SMILES string of the molecule is CN(CC(C)(C)C)c1cnccc1CNC1CC1. The molecule has 0 aliphatic heterocycles. The van der Waals surface area contributed by atoms with Crippen LogP contribution in [0.25, 0.3) is 0 Å². The van der Waals surface area contributed by atoms with Crippen molar-refractivity contribution in [1.29, 1.82) is 0 Å². The molecule has 0 atom stereocenters. The summed E-state index contributed by atoms with van der Waals surface area (Å²) in [5.41, 5.74) is 2.90. The second-order valence-electron chi connectivity index (χ2n) is 6.58. The Bertz CT molecular complexity index is 391. The van der Waals surface area contributed by atoms with E-state index in [4.69, 9.17) is 0 Å². The first-order valence-corrected chi connectivity index (χ1v) is 6.83. The van der Waals surface area contributed by atoms with Gasteiger partial charge in [0.1, 0.15) is 0 Å². The summed E-state index contributed by atoms with van der Waals surface area (Å²) >= 11 is 0. The number of hydrogen-bond donors (Lipinski definition) is 1.